The molecule has 0 aliphatic heterocycles. The number of anilines is 1. The lowest BCUT2D eigenvalue weighted by atomic mass is 9.89. The molecule has 6 nitrogen and oxygen atoms in total. The number of hydrogen-bond donors (Lipinski definition) is 1. The van der Waals surface area contributed by atoms with Gasteiger partial charge in [0.05, 0.1) is 12.1 Å². The average Bonchev–Trinajstić information content (AvgIpc) is 2.58. The summed E-state index contributed by atoms with van der Waals surface area (Å²) < 4.78 is 5.31. The predicted octanol–water partition coefficient (Wildman–Crippen LogP) is 3.99. The Balaban J connectivity index is 2.47. The third-order valence-electron chi connectivity index (χ3n) is 4.01. The van der Waals surface area contributed by atoms with Crippen molar-refractivity contribution in [3.8, 4) is 0 Å². The van der Waals surface area contributed by atoms with Crippen LogP contribution >= 0.6 is 11.6 Å². The Hall–Kier alpha value is -1.95. The first-order valence-corrected chi connectivity index (χ1v) is 8.67. The number of carbonyl (C=O) groups excluding carboxylic acids is 1. The topological polar surface area (TPSA) is 77.0 Å². The first kappa shape index (κ1) is 18.4. The number of ether oxygens (including phenoxy) is 1. The molecule has 0 aromatic carbocycles. The van der Waals surface area contributed by atoms with Crippen LogP contribution in [0.2, 0.25) is 5.28 Å². The third kappa shape index (κ3) is 3.93. The van der Waals surface area contributed by atoms with Gasteiger partial charge in [-0.15, -0.1) is 0 Å². The van der Waals surface area contributed by atoms with Crippen molar-refractivity contribution < 1.29 is 9.53 Å². The smallest absolute Gasteiger partial charge is 0.331 e. The molecule has 2 heterocycles. The van der Waals surface area contributed by atoms with Gasteiger partial charge in [0.1, 0.15) is 11.1 Å². The summed E-state index contributed by atoms with van der Waals surface area (Å²) in [6.45, 7) is 6.18. The molecule has 0 bridgehead atoms. The Kier molecular flexibility index (Phi) is 6.31. The number of hydrogen-bond acceptors (Lipinski definition) is 6. The summed E-state index contributed by atoms with van der Waals surface area (Å²) in [5.41, 5.74) is 0.360. The molecule has 0 amide bonds. The van der Waals surface area contributed by atoms with Crippen LogP contribution in [0.1, 0.15) is 46.5 Å². The minimum Gasteiger partial charge on any atom is -0.464 e. The van der Waals surface area contributed by atoms with E-state index in [1.807, 2.05) is 13.0 Å². The molecule has 2 rings (SSSR count). The molecule has 2 aromatic rings. The maximum Gasteiger partial charge on any atom is 0.331 e. The Morgan fingerprint density at radius 3 is 2.79 bits per heavy atom. The van der Waals surface area contributed by atoms with Gasteiger partial charge in [-0.1, -0.05) is 26.7 Å². The van der Waals surface area contributed by atoms with E-state index in [0.29, 0.717) is 36.3 Å². The van der Waals surface area contributed by atoms with Crippen LogP contribution in [0.15, 0.2) is 18.3 Å². The monoisotopic (exact) mass is 350 g/mol. The fourth-order valence-electron chi connectivity index (χ4n) is 2.63. The summed E-state index contributed by atoms with van der Waals surface area (Å²) in [6.07, 6.45) is 4.75. The van der Waals surface area contributed by atoms with Gasteiger partial charge in [0.15, 0.2) is 5.82 Å². The molecule has 0 aliphatic carbocycles. The van der Waals surface area contributed by atoms with E-state index in [1.165, 1.54) is 0 Å². The number of rotatable bonds is 8. The molecule has 0 spiro atoms. The molecular formula is C17H23ClN4O2. The second-order valence-corrected chi connectivity index (χ2v) is 5.94. The first-order valence-electron chi connectivity index (χ1n) is 8.30. The lowest BCUT2D eigenvalue weighted by Gasteiger charge is -2.32. The summed E-state index contributed by atoms with van der Waals surface area (Å²) in [5.74, 6) is 0.177. The van der Waals surface area contributed by atoms with Crippen LogP contribution in [-0.4, -0.2) is 33.1 Å². The highest BCUT2D eigenvalue weighted by molar-refractivity contribution is 6.28. The Labute approximate surface area is 147 Å². The Morgan fingerprint density at radius 2 is 2.12 bits per heavy atom. The van der Waals surface area contributed by atoms with E-state index in [2.05, 4.69) is 27.2 Å². The predicted molar refractivity (Wildman–Crippen MR) is 95.1 cm³/mol. The van der Waals surface area contributed by atoms with E-state index in [1.54, 1.807) is 19.2 Å². The minimum atomic E-state index is -0.853. The third-order valence-corrected chi connectivity index (χ3v) is 4.18. The summed E-state index contributed by atoms with van der Waals surface area (Å²) in [5, 5.41) is 3.39. The SMILES string of the molecule is CCCCC(CC)(Nc1nc(Cl)nc2cccnc12)C(=O)OCC. The van der Waals surface area contributed by atoms with Crippen LogP contribution in [0.5, 0.6) is 0 Å². The molecule has 0 aliphatic rings. The van der Waals surface area contributed by atoms with Gasteiger partial charge >= 0.3 is 5.97 Å². The van der Waals surface area contributed by atoms with Crippen LogP contribution in [-0.2, 0) is 9.53 Å². The van der Waals surface area contributed by atoms with Crippen LogP contribution in [0, 0.1) is 0 Å². The zero-order chi connectivity index (χ0) is 17.6. The molecule has 1 atom stereocenters. The standard InChI is InChI=1S/C17H23ClN4O2/c1-4-7-10-17(5-2,15(23)24-6-3)22-14-13-12(9-8-11-19-13)20-16(18)21-14/h8-9,11H,4-7,10H2,1-3H3,(H,20,21,22). The second-order valence-electron chi connectivity index (χ2n) is 5.60. The molecule has 1 N–H and O–H groups in total. The Bertz CT molecular complexity index is 710. The van der Waals surface area contributed by atoms with Gasteiger partial charge in [-0.05, 0) is 43.5 Å². The number of unbranched alkanes of at least 4 members (excludes halogenated alkanes) is 1. The number of aromatic nitrogens is 3. The summed E-state index contributed by atoms with van der Waals surface area (Å²) in [4.78, 5) is 25.4. The van der Waals surface area contributed by atoms with Gasteiger partial charge in [0.2, 0.25) is 5.28 Å². The maximum absolute atomic E-state index is 12.6. The highest BCUT2D eigenvalue weighted by Gasteiger charge is 2.38. The fourth-order valence-corrected chi connectivity index (χ4v) is 2.80. The summed E-state index contributed by atoms with van der Waals surface area (Å²) in [6, 6.07) is 3.59. The fraction of sp³-hybridized carbons (Fsp3) is 0.529. The van der Waals surface area contributed by atoms with Crippen LogP contribution in [0.3, 0.4) is 0 Å². The maximum atomic E-state index is 12.6. The molecule has 2 aromatic heterocycles. The number of fused-ring (bicyclic) bond motifs is 1. The lowest BCUT2D eigenvalue weighted by molar-refractivity contribution is -0.149. The van der Waals surface area contributed by atoms with Crippen molar-refractivity contribution in [2.45, 2.75) is 52.0 Å². The van der Waals surface area contributed by atoms with Gasteiger partial charge in [0, 0.05) is 6.20 Å². The van der Waals surface area contributed by atoms with Crippen molar-refractivity contribution in [3.63, 3.8) is 0 Å². The van der Waals surface area contributed by atoms with Crippen LogP contribution < -0.4 is 5.32 Å². The van der Waals surface area contributed by atoms with Gasteiger partial charge in [0.25, 0.3) is 0 Å². The second kappa shape index (κ2) is 8.24. The van der Waals surface area contributed by atoms with Crippen LogP contribution in [0.4, 0.5) is 5.82 Å². The number of nitrogens with zero attached hydrogens (tertiary/aromatic N) is 3. The largest absolute Gasteiger partial charge is 0.464 e. The quantitative estimate of drug-likeness (QED) is 0.573. The molecule has 1 unspecified atom stereocenters. The molecule has 7 heteroatoms. The molecule has 0 saturated heterocycles. The van der Waals surface area contributed by atoms with Crippen molar-refractivity contribution >= 4 is 34.4 Å². The number of carbonyl (C=O) groups is 1. The molecule has 0 radical (unpaired) electrons. The highest BCUT2D eigenvalue weighted by Crippen LogP contribution is 2.29. The highest BCUT2D eigenvalue weighted by atomic mass is 35.5. The molecule has 24 heavy (non-hydrogen) atoms. The molecular weight excluding hydrogens is 328 g/mol. The summed E-state index contributed by atoms with van der Waals surface area (Å²) in [7, 11) is 0. The lowest BCUT2D eigenvalue weighted by Crippen LogP contribution is -2.47. The number of pyridine rings is 1. The van der Waals surface area contributed by atoms with E-state index in [-0.39, 0.29) is 11.3 Å². The number of halogens is 1. The average molecular weight is 351 g/mol. The number of esters is 1. The van der Waals surface area contributed by atoms with Crippen molar-refractivity contribution in [3.05, 3.63) is 23.6 Å². The van der Waals surface area contributed by atoms with Gasteiger partial charge < -0.3 is 10.1 Å². The zero-order valence-corrected chi connectivity index (χ0v) is 15.1. The normalized spacial score (nSPS) is 13.5. The molecule has 0 fully saturated rings. The van der Waals surface area contributed by atoms with Crippen LogP contribution in [0.25, 0.3) is 11.0 Å². The van der Waals surface area contributed by atoms with Gasteiger partial charge in [-0.2, -0.15) is 4.98 Å². The van der Waals surface area contributed by atoms with Crippen molar-refractivity contribution in [1.82, 2.24) is 15.0 Å². The summed E-state index contributed by atoms with van der Waals surface area (Å²) >= 11 is 6.03. The van der Waals surface area contributed by atoms with Gasteiger partial charge in [-0.3, -0.25) is 4.98 Å². The van der Waals surface area contributed by atoms with E-state index in [4.69, 9.17) is 16.3 Å². The minimum absolute atomic E-state index is 0.113. The van der Waals surface area contributed by atoms with Crippen molar-refractivity contribution in [2.24, 2.45) is 0 Å². The van der Waals surface area contributed by atoms with Crippen molar-refractivity contribution in [1.29, 1.82) is 0 Å². The van der Waals surface area contributed by atoms with Gasteiger partial charge in [-0.25, -0.2) is 9.78 Å². The number of nitrogens with one attached hydrogen (secondary N) is 1. The van der Waals surface area contributed by atoms with E-state index in [0.717, 1.165) is 12.8 Å². The van der Waals surface area contributed by atoms with E-state index >= 15 is 0 Å². The molecule has 130 valence electrons. The zero-order valence-electron chi connectivity index (χ0n) is 14.3. The van der Waals surface area contributed by atoms with E-state index in [9.17, 15) is 4.79 Å². The first-order chi connectivity index (χ1) is 11.6. The van der Waals surface area contributed by atoms with E-state index < -0.39 is 5.54 Å². The molecule has 0 saturated carbocycles. The van der Waals surface area contributed by atoms with Crippen molar-refractivity contribution in [2.75, 3.05) is 11.9 Å². The Morgan fingerprint density at radius 1 is 1.33 bits per heavy atom.